The Labute approximate surface area is 113 Å². The lowest BCUT2D eigenvalue weighted by atomic mass is 9.73. The molecule has 1 amide bonds. The normalized spacial score (nSPS) is 26.7. The van der Waals surface area contributed by atoms with Crippen LogP contribution in [0.25, 0.3) is 0 Å². The summed E-state index contributed by atoms with van der Waals surface area (Å²) in [7, 11) is 1.56. The van der Waals surface area contributed by atoms with Crippen LogP contribution in [0.5, 0.6) is 0 Å². The van der Waals surface area contributed by atoms with Gasteiger partial charge in [-0.1, -0.05) is 30.3 Å². The summed E-state index contributed by atoms with van der Waals surface area (Å²) in [6.07, 6.45) is 3.24. The smallest absolute Gasteiger partial charge is 0.329 e. The molecule has 102 valence electrons. The maximum absolute atomic E-state index is 11.5. The highest BCUT2D eigenvalue weighted by atomic mass is 16.4. The molecule has 2 rings (SSSR count). The van der Waals surface area contributed by atoms with Gasteiger partial charge in [0.1, 0.15) is 5.54 Å². The Morgan fingerprint density at radius 2 is 1.89 bits per heavy atom. The van der Waals surface area contributed by atoms with Crippen molar-refractivity contribution in [2.45, 2.75) is 37.1 Å². The number of carboxylic acids is 1. The molecule has 4 nitrogen and oxygen atoms in total. The van der Waals surface area contributed by atoms with Crippen molar-refractivity contribution in [3.8, 4) is 0 Å². The molecule has 0 atom stereocenters. The van der Waals surface area contributed by atoms with Gasteiger partial charge in [0.25, 0.3) is 0 Å². The summed E-state index contributed by atoms with van der Waals surface area (Å²) in [5.41, 5.74) is 0.239. The molecule has 1 N–H and O–H groups in total. The largest absolute Gasteiger partial charge is 0.479 e. The molecule has 0 spiro atoms. The highest BCUT2D eigenvalue weighted by Crippen LogP contribution is 2.40. The number of carbonyl (C=O) groups excluding carboxylic acids is 1. The van der Waals surface area contributed by atoms with E-state index >= 15 is 0 Å². The first-order valence-electron chi connectivity index (χ1n) is 6.57. The summed E-state index contributed by atoms with van der Waals surface area (Å²) in [5, 5.41) is 9.45. The predicted octanol–water partition coefficient (Wildman–Crippen LogP) is 2.26. The molecular weight excluding hydrogens is 242 g/mol. The van der Waals surface area contributed by atoms with Gasteiger partial charge >= 0.3 is 5.97 Å². The highest BCUT2D eigenvalue weighted by Gasteiger charge is 2.45. The number of carbonyl (C=O) groups is 2. The second-order valence-electron chi connectivity index (χ2n) is 5.24. The molecule has 1 saturated carbocycles. The fourth-order valence-electron chi connectivity index (χ4n) is 2.97. The number of aliphatic carboxylic acids is 1. The van der Waals surface area contributed by atoms with Gasteiger partial charge in [-0.2, -0.15) is 0 Å². The van der Waals surface area contributed by atoms with Crippen LogP contribution in [0.1, 0.15) is 37.2 Å². The van der Waals surface area contributed by atoms with Gasteiger partial charge in [-0.15, -0.1) is 0 Å². The van der Waals surface area contributed by atoms with Crippen LogP contribution in [0.3, 0.4) is 0 Å². The SMILES string of the molecule is CN(C=O)C1(C(=O)O)CCC(c2ccccc2)CC1. The van der Waals surface area contributed by atoms with Crippen LogP contribution in [-0.2, 0) is 9.59 Å². The first-order chi connectivity index (χ1) is 9.10. The maximum Gasteiger partial charge on any atom is 0.329 e. The molecule has 0 heterocycles. The van der Waals surface area contributed by atoms with E-state index in [-0.39, 0.29) is 0 Å². The highest BCUT2D eigenvalue weighted by molar-refractivity contribution is 5.81. The van der Waals surface area contributed by atoms with E-state index in [0.29, 0.717) is 25.2 Å². The Balaban J connectivity index is 2.12. The number of amides is 1. The standard InChI is InChI=1S/C15H19NO3/c1-16(11-17)15(14(18)19)9-7-13(8-10-15)12-5-3-2-4-6-12/h2-6,11,13H,7-10H2,1H3,(H,18,19). The number of carboxylic acid groups (broad SMARTS) is 1. The fraction of sp³-hybridized carbons (Fsp3) is 0.467. The Morgan fingerprint density at radius 3 is 2.37 bits per heavy atom. The minimum absolute atomic E-state index is 0.397. The molecule has 0 saturated heterocycles. The van der Waals surface area contributed by atoms with Crippen molar-refractivity contribution in [2.24, 2.45) is 0 Å². The van der Waals surface area contributed by atoms with Gasteiger partial charge in [-0.25, -0.2) is 4.79 Å². The first-order valence-corrected chi connectivity index (χ1v) is 6.57. The third-order valence-electron chi connectivity index (χ3n) is 4.32. The van der Waals surface area contributed by atoms with E-state index in [2.05, 4.69) is 12.1 Å². The van der Waals surface area contributed by atoms with Crippen molar-refractivity contribution in [1.29, 1.82) is 0 Å². The van der Waals surface area contributed by atoms with Crippen molar-refractivity contribution in [3.63, 3.8) is 0 Å². The van der Waals surface area contributed by atoms with Gasteiger partial charge in [0, 0.05) is 7.05 Å². The lowest BCUT2D eigenvalue weighted by molar-refractivity contribution is -0.156. The van der Waals surface area contributed by atoms with Crippen LogP contribution >= 0.6 is 0 Å². The van der Waals surface area contributed by atoms with Gasteiger partial charge in [0.05, 0.1) is 0 Å². The van der Waals surface area contributed by atoms with E-state index in [9.17, 15) is 14.7 Å². The van der Waals surface area contributed by atoms with Crippen LogP contribution in [0.15, 0.2) is 30.3 Å². The first kappa shape index (κ1) is 13.6. The van der Waals surface area contributed by atoms with Crippen LogP contribution in [0.4, 0.5) is 0 Å². The van der Waals surface area contributed by atoms with E-state index in [1.807, 2.05) is 18.2 Å². The van der Waals surface area contributed by atoms with E-state index in [1.165, 1.54) is 10.5 Å². The molecule has 4 heteroatoms. The third kappa shape index (κ3) is 2.48. The quantitative estimate of drug-likeness (QED) is 0.846. The molecule has 19 heavy (non-hydrogen) atoms. The summed E-state index contributed by atoms with van der Waals surface area (Å²) >= 11 is 0. The van der Waals surface area contributed by atoms with E-state index in [0.717, 1.165) is 12.8 Å². The second kappa shape index (κ2) is 5.43. The van der Waals surface area contributed by atoms with Crippen molar-refractivity contribution in [2.75, 3.05) is 7.05 Å². The third-order valence-corrected chi connectivity index (χ3v) is 4.32. The average Bonchev–Trinajstić information content (AvgIpc) is 2.47. The Kier molecular flexibility index (Phi) is 3.88. The molecular formula is C15H19NO3. The Morgan fingerprint density at radius 1 is 1.32 bits per heavy atom. The molecule has 1 aromatic rings. The summed E-state index contributed by atoms with van der Waals surface area (Å²) in [6, 6.07) is 10.2. The number of benzene rings is 1. The van der Waals surface area contributed by atoms with Gasteiger partial charge in [-0.05, 0) is 37.2 Å². The zero-order chi connectivity index (χ0) is 13.9. The van der Waals surface area contributed by atoms with Crippen molar-refractivity contribution in [1.82, 2.24) is 4.90 Å². The van der Waals surface area contributed by atoms with Crippen molar-refractivity contribution >= 4 is 12.4 Å². The van der Waals surface area contributed by atoms with Gasteiger partial charge in [0.15, 0.2) is 0 Å². The molecule has 0 aromatic heterocycles. The van der Waals surface area contributed by atoms with E-state index in [4.69, 9.17) is 0 Å². The van der Waals surface area contributed by atoms with E-state index < -0.39 is 11.5 Å². The van der Waals surface area contributed by atoms with Gasteiger partial charge in [0.2, 0.25) is 6.41 Å². The van der Waals surface area contributed by atoms with Crippen LogP contribution in [0.2, 0.25) is 0 Å². The summed E-state index contributed by atoms with van der Waals surface area (Å²) in [5.74, 6) is -0.498. The monoisotopic (exact) mass is 261 g/mol. The number of likely N-dealkylation sites (N-methyl/N-ethyl adjacent to an activating group) is 1. The molecule has 0 aliphatic heterocycles. The van der Waals surface area contributed by atoms with Crippen LogP contribution in [-0.4, -0.2) is 35.0 Å². The minimum atomic E-state index is -1.02. The van der Waals surface area contributed by atoms with E-state index in [1.54, 1.807) is 7.05 Å². The summed E-state index contributed by atoms with van der Waals surface area (Å²) < 4.78 is 0. The number of nitrogens with zero attached hydrogens (tertiary/aromatic N) is 1. The fourth-order valence-corrected chi connectivity index (χ4v) is 2.97. The van der Waals surface area contributed by atoms with Crippen LogP contribution < -0.4 is 0 Å². The molecule has 1 fully saturated rings. The zero-order valence-electron chi connectivity index (χ0n) is 11.1. The molecule has 0 radical (unpaired) electrons. The Hall–Kier alpha value is -1.84. The average molecular weight is 261 g/mol. The Bertz CT molecular complexity index is 450. The summed E-state index contributed by atoms with van der Waals surface area (Å²) in [4.78, 5) is 23.8. The number of hydrogen-bond donors (Lipinski definition) is 1. The molecule has 0 bridgehead atoms. The lowest BCUT2D eigenvalue weighted by Gasteiger charge is -2.41. The topological polar surface area (TPSA) is 57.6 Å². The maximum atomic E-state index is 11.5. The molecule has 1 aromatic carbocycles. The zero-order valence-corrected chi connectivity index (χ0v) is 11.1. The predicted molar refractivity (Wildman–Crippen MR) is 71.8 cm³/mol. The number of hydrogen-bond acceptors (Lipinski definition) is 2. The van der Waals surface area contributed by atoms with Crippen LogP contribution in [0, 0.1) is 0 Å². The lowest BCUT2D eigenvalue weighted by Crippen LogP contribution is -2.54. The minimum Gasteiger partial charge on any atom is -0.479 e. The van der Waals surface area contributed by atoms with Gasteiger partial charge in [-0.3, -0.25) is 4.79 Å². The number of rotatable bonds is 4. The summed E-state index contributed by atoms with van der Waals surface area (Å²) in [6.45, 7) is 0. The second-order valence-corrected chi connectivity index (χ2v) is 5.24. The molecule has 1 aliphatic rings. The van der Waals surface area contributed by atoms with Crippen molar-refractivity contribution in [3.05, 3.63) is 35.9 Å². The molecule has 1 aliphatic carbocycles. The molecule has 0 unspecified atom stereocenters. The van der Waals surface area contributed by atoms with Gasteiger partial charge < -0.3 is 10.0 Å². The van der Waals surface area contributed by atoms with Crippen molar-refractivity contribution < 1.29 is 14.7 Å².